The Labute approximate surface area is 82.8 Å². The van der Waals surface area contributed by atoms with E-state index in [9.17, 15) is 0 Å². The summed E-state index contributed by atoms with van der Waals surface area (Å²) in [6.45, 7) is 2.06. The normalized spacial score (nSPS) is 21.2. The van der Waals surface area contributed by atoms with E-state index < -0.39 is 0 Å². The highest BCUT2D eigenvalue weighted by Crippen LogP contribution is 2.18. The lowest BCUT2D eigenvalue weighted by atomic mass is 10.0. The van der Waals surface area contributed by atoms with Crippen LogP contribution < -0.4 is 0 Å². The molecule has 0 radical (unpaired) electrons. The third-order valence-electron chi connectivity index (χ3n) is 2.13. The summed E-state index contributed by atoms with van der Waals surface area (Å²) in [5.41, 5.74) is 2.13. The van der Waals surface area contributed by atoms with Crippen LogP contribution >= 0.6 is 12.6 Å². The van der Waals surface area contributed by atoms with Gasteiger partial charge in [0, 0.05) is 0 Å². The van der Waals surface area contributed by atoms with Crippen molar-refractivity contribution in [2.24, 2.45) is 16.1 Å². The predicted molar refractivity (Wildman–Crippen MR) is 58.6 cm³/mol. The second kappa shape index (κ2) is 3.34. The number of nitrogens with zero attached hydrogens (tertiary/aromatic N) is 2. The fourth-order valence-electron chi connectivity index (χ4n) is 1.32. The van der Waals surface area contributed by atoms with E-state index in [1.165, 1.54) is 0 Å². The zero-order valence-electron chi connectivity index (χ0n) is 7.31. The molecule has 0 spiro atoms. The van der Waals surface area contributed by atoms with Crippen LogP contribution in [-0.4, -0.2) is 10.8 Å². The van der Waals surface area contributed by atoms with Crippen molar-refractivity contribution in [3.63, 3.8) is 0 Å². The van der Waals surface area contributed by atoms with Crippen LogP contribution in [0.4, 0.5) is 0 Å². The van der Waals surface area contributed by atoms with Gasteiger partial charge in [0.1, 0.15) is 5.04 Å². The molecule has 0 aliphatic carbocycles. The molecule has 66 valence electrons. The number of hydrogen-bond acceptors (Lipinski definition) is 2. The van der Waals surface area contributed by atoms with Crippen molar-refractivity contribution in [1.82, 2.24) is 0 Å². The summed E-state index contributed by atoms with van der Waals surface area (Å²) < 4.78 is 0. The predicted octanol–water partition coefficient (Wildman–Crippen LogP) is 2.37. The molecule has 0 fully saturated rings. The van der Waals surface area contributed by atoms with Crippen molar-refractivity contribution in [2.75, 3.05) is 0 Å². The molecular weight excluding hydrogens is 180 g/mol. The molecule has 2 nitrogen and oxygen atoms in total. The molecule has 0 N–H and O–H groups in total. The molecule has 0 aromatic heterocycles. The smallest absolute Gasteiger partial charge is 0.102 e. The Morgan fingerprint density at radius 3 is 2.38 bits per heavy atom. The first-order valence-electron chi connectivity index (χ1n) is 4.19. The average Bonchev–Trinajstić information content (AvgIpc) is 2.49. The average molecular weight is 190 g/mol. The molecule has 0 saturated heterocycles. The van der Waals surface area contributed by atoms with E-state index in [-0.39, 0.29) is 5.92 Å². The Morgan fingerprint density at radius 1 is 1.15 bits per heavy atom. The molecular formula is C10H10N2S. The molecule has 0 bridgehead atoms. The quantitative estimate of drug-likeness (QED) is 0.658. The van der Waals surface area contributed by atoms with Gasteiger partial charge in [0.15, 0.2) is 0 Å². The third kappa shape index (κ3) is 1.52. The van der Waals surface area contributed by atoms with E-state index in [1.807, 2.05) is 30.3 Å². The molecule has 3 heteroatoms. The fraction of sp³-hybridized carbons (Fsp3) is 0.200. The molecule has 0 saturated carbocycles. The van der Waals surface area contributed by atoms with Gasteiger partial charge in [-0.2, -0.15) is 5.10 Å². The van der Waals surface area contributed by atoms with E-state index in [1.54, 1.807) is 0 Å². The van der Waals surface area contributed by atoms with E-state index >= 15 is 0 Å². The van der Waals surface area contributed by atoms with E-state index in [0.29, 0.717) is 0 Å². The van der Waals surface area contributed by atoms with Gasteiger partial charge < -0.3 is 0 Å². The molecule has 1 aromatic rings. The second-order valence-electron chi connectivity index (χ2n) is 3.03. The highest BCUT2D eigenvalue weighted by atomic mass is 32.1. The maximum Gasteiger partial charge on any atom is 0.102 e. The molecule has 1 heterocycles. The lowest BCUT2D eigenvalue weighted by molar-refractivity contribution is 1.11. The van der Waals surface area contributed by atoms with Gasteiger partial charge >= 0.3 is 0 Å². The van der Waals surface area contributed by atoms with Crippen LogP contribution in [0, 0.1) is 5.92 Å². The van der Waals surface area contributed by atoms with Crippen LogP contribution in [0.25, 0.3) is 0 Å². The Kier molecular flexibility index (Phi) is 2.19. The number of benzene rings is 1. The van der Waals surface area contributed by atoms with Crippen molar-refractivity contribution >= 4 is 23.4 Å². The Morgan fingerprint density at radius 2 is 1.85 bits per heavy atom. The summed E-state index contributed by atoms with van der Waals surface area (Å²) in [7, 11) is 0. The molecule has 2 rings (SSSR count). The molecule has 1 atom stereocenters. The van der Waals surface area contributed by atoms with E-state index in [0.717, 1.165) is 16.3 Å². The van der Waals surface area contributed by atoms with Crippen LogP contribution in [-0.2, 0) is 0 Å². The van der Waals surface area contributed by atoms with Crippen molar-refractivity contribution in [2.45, 2.75) is 6.92 Å². The first kappa shape index (κ1) is 8.51. The number of hydrogen-bond donors (Lipinski definition) is 1. The molecule has 0 amide bonds. The highest BCUT2D eigenvalue weighted by molar-refractivity contribution is 7.97. The summed E-state index contributed by atoms with van der Waals surface area (Å²) in [6.07, 6.45) is 0. The summed E-state index contributed by atoms with van der Waals surface area (Å²) in [4.78, 5) is 0. The van der Waals surface area contributed by atoms with Crippen LogP contribution in [0.5, 0.6) is 0 Å². The van der Waals surface area contributed by atoms with Gasteiger partial charge in [-0.3, -0.25) is 0 Å². The molecule has 1 aromatic carbocycles. The first-order valence-corrected chi connectivity index (χ1v) is 4.63. The molecule has 1 aliphatic rings. The Hall–Kier alpha value is -1.09. The maximum absolute atomic E-state index is 4.23. The summed E-state index contributed by atoms with van der Waals surface area (Å²) >= 11 is 4.23. The summed E-state index contributed by atoms with van der Waals surface area (Å²) in [6, 6.07) is 10.1. The molecule has 1 unspecified atom stereocenters. The monoisotopic (exact) mass is 190 g/mol. The van der Waals surface area contributed by atoms with Crippen LogP contribution in [0.1, 0.15) is 12.5 Å². The highest BCUT2D eigenvalue weighted by Gasteiger charge is 2.20. The maximum atomic E-state index is 4.23. The van der Waals surface area contributed by atoms with E-state index in [4.69, 9.17) is 0 Å². The van der Waals surface area contributed by atoms with Crippen LogP contribution in [0.3, 0.4) is 0 Å². The van der Waals surface area contributed by atoms with Crippen LogP contribution in [0.15, 0.2) is 40.5 Å². The third-order valence-corrected chi connectivity index (χ3v) is 2.60. The minimum Gasteiger partial charge on any atom is -0.153 e. The first-order chi connectivity index (χ1) is 6.29. The van der Waals surface area contributed by atoms with Crippen LogP contribution in [0.2, 0.25) is 0 Å². The Balaban J connectivity index is 2.32. The van der Waals surface area contributed by atoms with Crippen molar-refractivity contribution in [1.29, 1.82) is 0 Å². The van der Waals surface area contributed by atoms with Gasteiger partial charge in [-0.15, -0.1) is 17.7 Å². The summed E-state index contributed by atoms with van der Waals surface area (Å²) in [5.74, 6) is 0.228. The standard InChI is InChI=1S/C10H10N2S/c1-7-9(11-12-10(7)13)8-5-3-2-4-6-8/h2-7H,1H3,(H,12,13). The van der Waals surface area contributed by atoms with Gasteiger partial charge in [-0.1, -0.05) is 37.3 Å². The van der Waals surface area contributed by atoms with Crippen molar-refractivity contribution < 1.29 is 0 Å². The van der Waals surface area contributed by atoms with Gasteiger partial charge in [-0.05, 0) is 5.56 Å². The number of rotatable bonds is 1. The van der Waals surface area contributed by atoms with Gasteiger partial charge in [0.25, 0.3) is 0 Å². The topological polar surface area (TPSA) is 24.7 Å². The molecule has 13 heavy (non-hydrogen) atoms. The lowest BCUT2D eigenvalue weighted by Gasteiger charge is -2.05. The second-order valence-corrected chi connectivity index (χ2v) is 3.49. The van der Waals surface area contributed by atoms with Gasteiger partial charge in [0.05, 0.1) is 11.6 Å². The van der Waals surface area contributed by atoms with Gasteiger partial charge in [-0.25, -0.2) is 0 Å². The Bertz CT molecular complexity index is 368. The van der Waals surface area contributed by atoms with Gasteiger partial charge in [0.2, 0.25) is 0 Å². The zero-order valence-corrected chi connectivity index (χ0v) is 8.20. The minimum absolute atomic E-state index is 0.228. The van der Waals surface area contributed by atoms with E-state index in [2.05, 4.69) is 29.8 Å². The largest absolute Gasteiger partial charge is 0.153 e. The molecule has 1 aliphatic heterocycles. The fourth-order valence-corrected chi connectivity index (χ4v) is 1.48. The lowest BCUT2D eigenvalue weighted by Crippen LogP contribution is -2.13. The van der Waals surface area contributed by atoms with Crippen molar-refractivity contribution in [3.8, 4) is 0 Å². The zero-order chi connectivity index (χ0) is 9.26. The summed E-state index contributed by atoms with van der Waals surface area (Å²) in [5, 5.41) is 8.83. The SMILES string of the molecule is CC1C(S)=NN=C1c1ccccc1. The minimum atomic E-state index is 0.228. The number of thiol groups is 1. The van der Waals surface area contributed by atoms with Crippen molar-refractivity contribution in [3.05, 3.63) is 35.9 Å².